The van der Waals surface area contributed by atoms with E-state index < -0.39 is 0 Å². The molecule has 1 aliphatic heterocycles. The normalized spacial score (nSPS) is 19.4. The quantitative estimate of drug-likeness (QED) is 0.883. The van der Waals surface area contributed by atoms with Gasteiger partial charge < -0.3 is 5.32 Å². The third-order valence-electron chi connectivity index (χ3n) is 3.87. The van der Waals surface area contributed by atoms with Crippen molar-refractivity contribution in [1.29, 1.82) is 0 Å². The molecule has 0 radical (unpaired) electrons. The van der Waals surface area contributed by atoms with Crippen LogP contribution in [0.3, 0.4) is 0 Å². The summed E-state index contributed by atoms with van der Waals surface area (Å²) in [6.07, 6.45) is 0. The number of nitrogens with zero attached hydrogens (tertiary/aromatic N) is 1. The van der Waals surface area contributed by atoms with E-state index >= 15 is 0 Å². The molecule has 0 amide bonds. The Hall–Kier alpha value is -0.930. The third-order valence-corrected chi connectivity index (χ3v) is 3.87. The van der Waals surface area contributed by atoms with E-state index in [1.807, 2.05) is 6.07 Å². The molecule has 0 bridgehead atoms. The summed E-state index contributed by atoms with van der Waals surface area (Å²) >= 11 is 0. The van der Waals surface area contributed by atoms with Gasteiger partial charge in [-0.3, -0.25) is 4.90 Å². The summed E-state index contributed by atoms with van der Waals surface area (Å²) in [6.45, 7) is 12.9. The van der Waals surface area contributed by atoms with Gasteiger partial charge in [-0.15, -0.1) is 0 Å². The van der Waals surface area contributed by atoms with Gasteiger partial charge in [0.15, 0.2) is 0 Å². The van der Waals surface area contributed by atoms with E-state index in [-0.39, 0.29) is 17.3 Å². The maximum absolute atomic E-state index is 13.6. The molecule has 3 heteroatoms. The fourth-order valence-corrected chi connectivity index (χ4v) is 3.06. The van der Waals surface area contributed by atoms with Crippen LogP contribution >= 0.6 is 0 Å². The summed E-state index contributed by atoms with van der Waals surface area (Å²) in [5.74, 6) is -0.134. The predicted molar refractivity (Wildman–Crippen MR) is 77.8 cm³/mol. The zero-order valence-electron chi connectivity index (χ0n) is 12.5. The van der Waals surface area contributed by atoms with Crippen LogP contribution in [0.25, 0.3) is 0 Å². The van der Waals surface area contributed by atoms with Crippen molar-refractivity contribution in [2.75, 3.05) is 26.2 Å². The molecule has 1 saturated heterocycles. The van der Waals surface area contributed by atoms with Crippen molar-refractivity contribution in [2.24, 2.45) is 5.41 Å². The highest BCUT2D eigenvalue weighted by Gasteiger charge is 2.33. The molecule has 1 atom stereocenters. The average Bonchev–Trinajstić information content (AvgIpc) is 2.33. The van der Waals surface area contributed by atoms with Gasteiger partial charge in [0.05, 0.1) is 0 Å². The number of halogens is 1. The smallest absolute Gasteiger partial charge is 0.123 e. The number of piperazine rings is 1. The summed E-state index contributed by atoms with van der Waals surface area (Å²) in [7, 11) is 0. The van der Waals surface area contributed by atoms with E-state index in [1.165, 1.54) is 5.56 Å². The van der Waals surface area contributed by atoms with Crippen molar-refractivity contribution < 1.29 is 4.39 Å². The molecule has 2 rings (SSSR count). The van der Waals surface area contributed by atoms with E-state index in [4.69, 9.17) is 0 Å². The highest BCUT2D eigenvalue weighted by molar-refractivity contribution is 5.31. The molecular weight excluding hydrogens is 239 g/mol. The minimum absolute atomic E-state index is 0.0931. The van der Waals surface area contributed by atoms with Gasteiger partial charge in [-0.1, -0.05) is 26.8 Å². The van der Waals surface area contributed by atoms with E-state index in [9.17, 15) is 4.39 Å². The van der Waals surface area contributed by atoms with E-state index in [0.29, 0.717) is 0 Å². The van der Waals surface area contributed by atoms with Crippen molar-refractivity contribution in [1.82, 2.24) is 10.2 Å². The molecule has 1 heterocycles. The Kier molecular flexibility index (Phi) is 4.26. The first-order valence-corrected chi connectivity index (χ1v) is 7.10. The van der Waals surface area contributed by atoms with Crippen molar-refractivity contribution in [3.8, 4) is 0 Å². The molecule has 0 aromatic heterocycles. The van der Waals surface area contributed by atoms with Crippen LogP contribution in [0, 0.1) is 18.2 Å². The molecule has 1 fully saturated rings. The fourth-order valence-electron chi connectivity index (χ4n) is 3.06. The molecule has 106 valence electrons. The molecule has 2 nitrogen and oxygen atoms in total. The van der Waals surface area contributed by atoms with Gasteiger partial charge >= 0.3 is 0 Å². The van der Waals surface area contributed by atoms with Crippen LogP contribution in [0.2, 0.25) is 0 Å². The lowest BCUT2D eigenvalue weighted by molar-refractivity contribution is 0.0855. The van der Waals surface area contributed by atoms with Gasteiger partial charge in [-0.2, -0.15) is 0 Å². The molecule has 1 N–H and O–H groups in total. The monoisotopic (exact) mass is 264 g/mol. The lowest BCUT2D eigenvalue weighted by Gasteiger charge is -2.43. The number of benzene rings is 1. The van der Waals surface area contributed by atoms with Crippen LogP contribution in [0.4, 0.5) is 4.39 Å². The highest BCUT2D eigenvalue weighted by atomic mass is 19.1. The van der Waals surface area contributed by atoms with Gasteiger partial charge in [-0.05, 0) is 35.6 Å². The molecule has 0 spiro atoms. The van der Waals surface area contributed by atoms with Crippen LogP contribution in [-0.4, -0.2) is 31.1 Å². The number of hydrogen-bond acceptors (Lipinski definition) is 2. The zero-order valence-corrected chi connectivity index (χ0v) is 12.5. The summed E-state index contributed by atoms with van der Waals surface area (Å²) in [6, 6.07) is 5.43. The molecule has 1 aliphatic rings. The minimum Gasteiger partial charge on any atom is -0.314 e. The highest BCUT2D eigenvalue weighted by Crippen LogP contribution is 2.39. The second-order valence-corrected chi connectivity index (χ2v) is 6.56. The molecule has 19 heavy (non-hydrogen) atoms. The van der Waals surface area contributed by atoms with E-state index in [1.54, 1.807) is 12.1 Å². The maximum atomic E-state index is 13.6. The van der Waals surface area contributed by atoms with E-state index in [0.717, 1.165) is 31.7 Å². The Morgan fingerprint density at radius 2 is 1.84 bits per heavy atom. The summed E-state index contributed by atoms with van der Waals surface area (Å²) in [5.41, 5.74) is 2.41. The predicted octanol–water partition coefficient (Wildman–Crippen LogP) is 3.13. The lowest BCUT2D eigenvalue weighted by atomic mass is 9.79. The second-order valence-electron chi connectivity index (χ2n) is 6.56. The van der Waals surface area contributed by atoms with Crippen molar-refractivity contribution in [3.05, 3.63) is 35.1 Å². The standard InChI is InChI=1S/C16H25FN2/c1-12-5-6-13(17)11-14(12)15(16(2,3)4)19-9-7-18-8-10-19/h5-6,11,15,18H,7-10H2,1-4H3/t15-/m0/s1. The Labute approximate surface area is 116 Å². The summed E-state index contributed by atoms with van der Waals surface area (Å²) in [4.78, 5) is 2.48. The van der Waals surface area contributed by atoms with Crippen molar-refractivity contribution in [2.45, 2.75) is 33.7 Å². The fraction of sp³-hybridized carbons (Fsp3) is 0.625. The van der Waals surface area contributed by atoms with Crippen LogP contribution < -0.4 is 5.32 Å². The topological polar surface area (TPSA) is 15.3 Å². The second kappa shape index (κ2) is 5.59. The SMILES string of the molecule is Cc1ccc(F)cc1[C@H](N1CCNCC1)C(C)(C)C. The molecule has 0 saturated carbocycles. The van der Waals surface area contributed by atoms with Gasteiger partial charge in [0.1, 0.15) is 5.82 Å². The number of aryl methyl sites for hydroxylation is 1. The molecule has 1 aromatic carbocycles. The first-order valence-electron chi connectivity index (χ1n) is 7.10. The van der Waals surface area contributed by atoms with Gasteiger partial charge in [-0.25, -0.2) is 4.39 Å². The Morgan fingerprint density at radius 1 is 1.21 bits per heavy atom. The number of rotatable bonds is 2. The maximum Gasteiger partial charge on any atom is 0.123 e. The average molecular weight is 264 g/mol. The molecule has 0 aliphatic carbocycles. The lowest BCUT2D eigenvalue weighted by Crippen LogP contribution is -2.48. The largest absolute Gasteiger partial charge is 0.314 e. The zero-order chi connectivity index (χ0) is 14.0. The Bertz CT molecular complexity index is 431. The molecule has 1 aromatic rings. The van der Waals surface area contributed by atoms with E-state index in [2.05, 4.69) is 37.9 Å². The number of hydrogen-bond donors (Lipinski definition) is 1. The Morgan fingerprint density at radius 3 is 2.42 bits per heavy atom. The summed E-state index contributed by atoms with van der Waals surface area (Å²) in [5, 5.41) is 3.38. The van der Waals surface area contributed by atoms with Crippen LogP contribution in [-0.2, 0) is 0 Å². The van der Waals surface area contributed by atoms with Crippen LogP contribution in [0.1, 0.15) is 37.9 Å². The third kappa shape index (κ3) is 3.34. The van der Waals surface area contributed by atoms with Crippen LogP contribution in [0.5, 0.6) is 0 Å². The van der Waals surface area contributed by atoms with Crippen LogP contribution in [0.15, 0.2) is 18.2 Å². The van der Waals surface area contributed by atoms with Gasteiger partial charge in [0.2, 0.25) is 0 Å². The molecular formula is C16H25FN2. The Balaban J connectivity index is 2.39. The summed E-state index contributed by atoms with van der Waals surface area (Å²) < 4.78 is 13.6. The minimum atomic E-state index is -0.134. The first kappa shape index (κ1) is 14.5. The van der Waals surface area contributed by atoms with Crippen molar-refractivity contribution >= 4 is 0 Å². The van der Waals surface area contributed by atoms with Gasteiger partial charge in [0, 0.05) is 32.2 Å². The number of nitrogens with one attached hydrogen (secondary N) is 1. The van der Waals surface area contributed by atoms with Gasteiger partial charge in [0.25, 0.3) is 0 Å². The molecule has 0 unspecified atom stereocenters. The van der Waals surface area contributed by atoms with Crippen molar-refractivity contribution in [3.63, 3.8) is 0 Å². The first-order chi connectivity index (χ1) is 8.89.